The summed E-state index contributed by atoms with van der Waals surface area (Å²) in [5.41, 5.74) is 1.26. The van der Waals surface area contributed by atoms with Gasteiger partial charge in [0.25, 0.3) is 11.8 Å². The van der Waals surface area contributed by atoms with Crippen molar-refractivity contribution < 1.29 is 14.1 Å². The average molecular weight is 377 g/mol. The summed E-state index contributed by atoms with van der Waals surface area (Å²) in [7, 11) is 0. The minimum Gasteiger partial charge on any atom is -0.485 e. The Morgan fingerprint density at radius 2 is 1.85 bits per heavy atom. The average Bonchev–Trinajstić information content (AvgIpc) is 3.40. The zero-order valence-corrected chi connectivity index (χ0v) is 15.0. The molecule has 0 aliphatic carbocycles. The van der Waals surface area contributed by atoms with Gasteiger partial charge in [-0.1, -0.05) is 41.6 Å². The first-order valence-electron chi connectivity index (χ1n) is 8.24. The molecule has 4 aromatic rings. The van der Waals surface area contributed by atoms with Gasteiger partial charge in [-0.25, -0.2) is 0 Å². The highest BCUT2D eigenvalue weighted by Crippen LogP contribution is 2.27. The molecule has 0 atom stereocenters. The van der Waals surface area contributed by atoms with Gasteiger partial charge >= 0.3 is 0 Å². The molecule has 0 fully saturated rings. The number of hydrogen-bond donors (Lipinski definition) is 1. The van der Waals surface area contributed by atoms with Crippen LogP contribution in [0.15, 0.2) is 76.6 Å². The maximum absolute atomic E-state index is 12.3. The van der Waals surface area contributed by atoms with E-state index < -0.39 is 0 Å². The normalized spacial score (nSPS) is 10.5. The summed E-state index contributed by atoms with van der Waals surface area (Å²) >= 11 is 1.38. The highest BCUT2D eigenvalue weighted by atomic mass is 32.1. The molecule has 0 aliphatic heterocycles. The van der Waals surface area contributed by atoms with Gasteiger partial charge in [0.1, 0.15) is 5.75 Å². The molecule has 0 unspecified atom stereocenters. The summed E-state index contributed by atoms with van der Waals surface area (Å²) in [6.45, 7) is 0.192. The molecular weight excluding hydrogens is 362 g/mol. The molecule has 0 spiro atoms. The third-order valence-electron chi connectivity index (χ3n) is 3.73. The van der Waals surface area contributed by atoms with E-state index in [4.69, 9.17) is 9.26 Å². The van der Waals surface area contributed by atoms with E-state index >= 15 is 0 Å². The zero-order valence-electron chi connectivity index (χ0n) is 14.2. The zero-order chi connectivity index (χ0) is 18.5. The molecule has 0 saturated heterocycles. The number of thiophene rings is 1. The molecule has 0 bridgehead atoms. The van der Waals surface area contributed by atoms with E-state index in [0.717, 1.165) is 5.75 Å². The number of nitrogens with one attached hydrogen (secondary N) is 1. The predicted molar refractivity (Wildman–Crippen MR) is 103 cm³/mol. The van der Waals surface area contributed by atoms with Crippen molar-refractivity contribution >= 4 is 22.9 Å². The summed E-state index contributed by atoms with van der Waals surface area (Å²) in [5, 5.41) is 8.71. The second-order valence-electron chi connectivity index (χ2n) is 5.59. The van der Waals surface area contributed by atoms with Crippen molar-refractivity contribution in [2.24, 2.45) is 0 Å². The third-order valence-corrected chi connectivity index (χ3v) is 4.60. The molecule has 1 N–H and O–H groups in total. The standard InChI is InChI=1S/C20H15N3O3S/c24-19(17-11-6-12-27-17)21-16-10-5-4-9-15(16)20-22-18(23-26-20)13-25-14-7-2-1-3-8-14/h1-12H,13H2,(H,21,24). The Kier molecular flexibility index (Phi) is 4.93. The molecule has 6 nitrogen and oxygen atoms in total. The summed E-state index contributed by atoms with van der Waals surface area (Å²) in [6.07, 6.45) is 0. The Bertz CT molecular complexity index is 1030. The fraction of sp³-hybridized carbons (Fsp3) is 0.0500. The minimum absolute atomic E-state index is 0.176. The van der Waals surface area contributed by atoms with Crippen molar-refractivity contribution in [1.29, 1.82) is 0 Å². The highest BCUT2D eigenvalue weighted by Gasteiger charge is 2.16. The molecule has 2 aromatic heterocycles. The summed E-state index contributed by atoms with van der Waals surface area (Å²) < 4.78 is 11.0. The number of rotatable bonds is 6. The SMILES string of the molecule is O=C(Nc1ccccc1-c1nc(COc2ccccc2)no1)c1cccs1. The van der Waals surface area contributed by atoms with Crippen LogP contribution in [0.4, 0.5) is 5.69 Å². The van der Waals surface area contributed by atoms with Gasteiger partial charge in [-0.2, -0.15) is 4.98 Å². The monoisotopic (exact) mass is 377 g/mol. The van der Waals surface area contributed by atoms with Crippen molar-refractivity contribution in [3.63, 3.8) is 0 Å². The lowest BCUT2D eigenvalue weighted by Crippen LogP contribution is -2.10. The van der Waals surface area contributed by atoms with Gasteiger partial charge in [0.2, 0.25) is 5.82 Å². The van der Waals surface area contributed by atoms with Crippen molar-refractivity contribution in [1.82, 2.24) is 10.1 Å². The first kappa shape index (κ1) is 17.0. The quantitative estimate of drug-likeness (QED) is 0.530. The topological polar surface area (TPSA) is 77.2 Å². The van der Waals surface area contributed by atoms with Crippen LogP contribution in [0.3, 0.4) is 0 Å². The molecule has 7 heteroatoms. The van der Waals surface area contributed by atoms with Crippen LogP contribution in [0.5, 0.6) is 5.75 Å². The molecule has 2 heterocycles. The number of anilines is 1. The largest absolute Gasteiger partial charge is 0.485 e. The first-order valence-corrected chi connectivity index (χ1v) is 9.12. The van der Waals surface area contributed by atoms with Crippen LogP contribution in [-0.2, 0) is 6.61 Å². The molecule has 134 valence electrons. The van der Waals surface area contributed by atoms with Crippen LogP contribution in [-0.4, -0.2) is 16.0 Å². The van der Waals surface area contributed by atoms with E-state index in [1.54, 1.807) is 12.1 Å². The number of carbonyl (C=O) groups is 1. The van der Waals surface area contributed by atoms with E-state index in [1.165, 1.54) is 11.3 Å². The van der Waals surface area contributed by atoms with Crippen molar-refractivity contribution in [2.75, 3.05) is 5.32 Å². The second-order valence-corrected chi connectivity index (χ2v) is 6.54. The Morgan fingerprint density at radius 1 is 1.04 bits per heavy atom. The van der Waals surface area contributed by atoms with E-state index in [-0.39, 0.29) is 12.5 Å². The molecule has 1 amide bonds. The van der Waals surface area contributed by atoms with Gasteiger partial charge in [0.05, 0.1) is 16.1 Å². The number of amides is 1. The summed E-state index contributed by atoms with van der Waals surface area (Å²) in [6, 6.07) is 20.3. The molecule has 0 aliphatic rings. The lowest BCUT2D eigenvalue weighted by molar-refractivity contribution is 0.103. The molecule has 2 aromatic carbocycles. The van der Waals surface area contributed by atoms with Crippen LogP contribution >= 0.6 is 11.3 Å². The number of nitrogens with zero attached hydrogens (tertiary/aromatic N) is 2. The Hall–Kier alpha value is -3.45. The van der Waals surface area contributed by atoms with Gasteiger partial charge < -0.3 is 14.6 Å². The molecule has 27 heavy (non-hydrogen) atoms. The van der Waals surface area contributed by atoms with Crippen LogP contribution in [0.2, 0.25) is 0 Å². The van der Waals surface area contributed by atoms with Crippen LogP contribution in [0.1, 0.15) is 15.5 Å². The fourth-order valence-corrected chi connectivity index (χ4v) is 3.08. The number of benzene rings is 2. The highest BCUT2D eigenvalue weighted by molar-refractivity contribution is 7.12. The number of para-hydroxylation sites is 2. The molecule has 0 saturated carbocycles. The first-order chi connectivity index (χ1) is 13.3. The summed E-state index contributed by atoms with van der Waals surface area (Å²) in [5.74, 6) is 1.30. The predicted octanol–water partition coefficient (Wildman–Crippen LogP) is 4.63. The van der Waals surface area contributed by atoms with Crippen LogP contribution < -0.4 is 10.1 Å². The Labute approximate surface area is 159 Å². The second kappa shape index (κ2) is 7.84. The van der Waals surface area contributed by atoms with Gasteiger partial charge in [-0.3, -0.25) is 4.79 Å². The molecular formula is C20H15N3O3S. The maximum Gasteiger partial charge on any atom is 0.265 e. The van der Waals surface area contributed by atoms with Crippen molar-refractivity contribution in [2.45, 2.75) is 6.61 Å². The minimum atomic E-state index is -0.176. The maximum atomic E-state index is 12.3. The number of ether oxygens (including phenoxy) is 1. The lowest BCUT2D eigenvalue weighted by Gasteiger charge is -2.07. The van der Waals surface area contributed by atoms with E-state index in [2.05, 4.69) is 15.5 Å². The van der Waals surface area contributed by atoms with Crippen molar-refractivity contribution in [3.8, 4) is 17.2 Å². The Balaban J connectivity index is 1.50. The van der Waals surface area contributed by atoms with E-state index in [1.807, 2.05) is 60.0 Å². The lowest BCUT2D eigenvalue weighted by atomic mass is 10.1. The third kappa shape index (κ3) is 4.04. The smallest absolute Gasteiger partial charge is 0.265 e. The van der Waals surface area contributed by atoms with E-state index in [9.17, 15) is 4.79 Å². The van der Waals surface area contributed by atoms with Gasteiger partial charge in [0.15, 0.2) is 6.61 Å². The van der Waals surface area contributed by atoms with Gasteiger partial charge in [-0.05, 0) is 35.7 Å². The summed E-state index contributed by atoms with van der Waals surface area (Å²) in [4.78, 5) is 17.3. The van der Waals surface area contributed by atoms with E-state index in [0.29, 0.717) is 27.8 Å². The number of hydrogen-bond acceptors (Lipinski definition) is 6. The Morgan fingerprint density at radius 3 is 2.67 bits per heavy atom. The van der Waals surface area contributed by atoms with Gasteiger partial charge in [0, 0.05) is 0 Å². The molecule has 4 rings (SSSR count). The van der Waals surface area contributed by atoms with Crippen molar-refractivity contribution in [3.05, 3.63) is 82.8 Å². The number of aromatic nitrogens is 2. The van der Waals surface area contributed by atoms with Crippen LogP contribution in [0.25, 0.3) is 11.5 Å². The number of carbonyl (C=O) groups excluding carboxylic acids is 1. The van der Waals surface area contributed by atoms with Crippen LogP contribution in [0, 0.1) is 0 Å². The fourth-order valence-electron chi connectivity index (χ4n) is 2.46. The van der Waals surface area contributed by atoms with Gasteiger partial charge in [-0.15, -0.1) is 11.3 Å². The molecule has 0 radical (unpaired) electrons.